The van der Waals surface area contributed by atoms with Crippen molar-refractivity contribution >= 4 is 11.6 Å². The molecule has 1 aromatic rings. The third kappa shape index (κ3) is 1.24. The normalized spacial score (nSPS) is 22.8. The highest BCUT2D eigenvalue weighted by atomic mass is 35.5. The van der Waals surface area contributed by atoms with E-state index in [0.717, 1.165) is 12.1 Å². The zero-order valence-electron chi connectivity index (χ0n) is 6.05. The number of halogens is 1. The van der Waals surface area contributed by atoms with E-state index in [2.05, 4.69) is 10.3 Å². The maximum absolute atomic E-state index is 5.88. The minimum atomic E-state index is 0.441. The molecule has 1 aliphatic heterocycles. The van der Waals surface area contributed by atoms with Crippen LogP contribution in [0, 0.1) is 0 Å². The van der Waals surface area contributed by atoms with E-state index in [9.17, 15) is 0 Å². The minimum absolute atomic E-state index is 0.441. The molecular formula is C8H9ClN2. The van der Waals surface area contributed by atoms with Gasteiger partial charge in [-0.05, 0) is 19.0 Å². The summed E-state index contributed by atoms with van der Waals surface area (Å²) in [7, 11) is 0. The highest BCUT2D eigenvalue weighted by Crippen LogP contribution is 2.26. The van der Waals surface area contributed by atoms with Crippen molar-refractivity contribution < 1.29 is 0 Å². The van der Waals surface area contributed by atoms with Crippen molar-refractivity contribution in [1.82, 2.24) is 10.3 Å². The molecule has 0 amide bonds. The molecule has 0 radical (unpaired) electrons. The van der Waals surface area contributed by atoms with Gasteiger partial charge in [0.15, 0.2) is 0 Å². The fourth-order valence-electron chi connectivity index (χ4n) is 1.21. The molecule has 0 spiro atoms. The molecule has 1 aliphatic rings. The van der Waals surface area contributed by atoms with Gasteiger partial charge in [0.05, 0.1) is 0 Å². The van der Waals surface area contributed by atoms with Crippen molar-refractivity contribution in [2.24, 2.45) is 0 Å². The first-order valence-corrected chi connectivity index (χ1v) is 4.09. The van der Waals surface area contributed by atoms with Crippen molar-refractivity contribution in [3.63, 3.8) is 0 Å². The van der Waals surface area contributed by atoms with Gasteiger partial charge in [-0.1, -0.05) is 17.7 Å². The first-order valence-electron chi connectivity index (χ1n) is 3.72. The Morgan fingerprint density at radius 1 is 1.64 bits per heavy atom. The molecule has 0 unspecified atom stereocenters. The summed E-state index contributed by atoms with van der Waals surface area (Å²) in [4.78, 5) is 4.01. The lowest BCUT2D eigenvalue weighted by Gasteiger charge is -2.28. The van der Waals surface area contributed by atoms with E-state index < -0.39 is 0 Å². The largest absolute Gasteiger partial charge is 0.310 e. The Balaban J connectivity index is 2.28. The van der Waals surface area contributed by atoms with Gasteiger partial charge >= 0.3 is 0 Å². The molecule has 1 N–H and O–H groups in total. The van der Waals surface area contributed by atoms with Gasteiger partial charge in [0.25, 0.3) is 0 Å². The molecule has 0 aliphatic carbocycles. The van der Waals surface area contributed by atoms with Gasteiger partial charge < -0.3 is 5.32 Å². The second-order valence-corrected chi connectivity index (χ2v) is 3.04. The summed E-state index contributed by atoms with van der Waals surface area (Å²) in [5.41, 5.74) is 1.13. The van der Waals surface area contributed by atoms with Crippen LogP contribution in [0.5, 0.6) is 0 Å². The number of hydrogen-bond acceptors (Lipinski definition) is 2. The number of pyridine rings is 1. The predicted octanol–water partition coefficient (Wildman–Crippen LogP) is 1.77. The third-order valence-electron chi connectivity index (χ3n) is 1.99. The highest BCUT2D eigenvalue weighted by molar-refractivity contribution is 6.30. The lowest BCUT2D eigenvalue weighted by Crippen LogP contribution is -2.35. The molecule has 58 valence electrons. The van der Waals surface area contributed by atoms with Crippen LogP contribution in [0.15, 0.2) is 18.3 Å². The quantitative estimate of drug-likeness (QED) is 0.647. The summed E-state index contributed by atoms with van der Waals surface area (Å²) < 4.78 is 0. The molecule has 2 rings (SSSR count). The van der Waals surface area contributed by atoms with Gasteiger partial charge in [0, 0.05) is 17.8 Å². The number of aromatic nitrogens is 1. The van der Waals surface area contributed by atoms with Gasteiger partial charge in [-0.3, -0.25) is 0 Å². The minimum Gasteiger partial charge on any atom is -0.310 e. The maximum atomic E-state index is 5.88. The molecule has 1 saturated heterocycles. The second kappa shape index (κ2) is 2.80. The van der Waals surface area contributed by atoms with Crippen LogP contribution in [0.25, 0.3) is 0 Å². The molecule has 1 aromatic heterocycles. The summed E-state index contributed by atoms with van der Waals surface area (Å²) in [6.07, 6.45) is 2.88. The molecule has 2 heterocycles. The molecule has 2 nitrogen and oxygen atoms in total. The SMILES string of the molecule is Clc1ncccc1[C@@H]1CCN1. The van der Waals surface area contributed by atoms with E-state index in [1.54, 1.807) is 6.20 Å². The average molecular weight is 169 g/mol. The van der Waals surface area contributed by atoms with Crippen LogP contribution in [0.4, 0.5) is 0 Å². The molecular weight excluding hydrogens is 160 g/mol. The van der Waals surface area contributed by atoms with Crippen LogP contribution >= 0.6 is 11.6 Å². The zero-order chi connectivity index (χ0) is 7.68. The van der Waals surface area contributed by atoms with Gasteiger partial charge in [-0.25, -0.2) is 4.98 Å². The molecule has 0 saturated carbocycles. The maximum Gasteiger partial charge on any atom is 0.133 e. The lowest BCUT2D eigenvalue weighted by atomic mass is 10.00. The van der Waals surface area contributed by atoms with Crippen LogP contribution in [0.2, 0.25) is 5.15 Å². The smallest absolute Gasteiger partial charge is 0.133 e. The Labute approximate surface area is 70.6 Å². The molecule has 0 bridgehead atoms. The Morgan fingerprint density at radius 3 is 3.00 bits per heavy atom. The summed E-state index contributed by atoms with van der Waals surface area (Å²) in [6.45, 7) is 1.09. The Kier molecular flexibility index (Phi) is 1.80. The number of nitrogens with zero attached hydrogens (tertiary/aromatic N) is 1. The van der Waals surface area contributed by atoms with Crippen molar-refractivity contribution in [2.45, 2.75) is 12.5 Å². The van der Waals surface area contributed by atoms with Crippen LogP contribution in [0.3, 0.4) is 0 Å². The fraction of sp³-hybridized carbons (Fsp3) is 0.375. The van der Waals surface area contributed by atoms with E-state index in [-0.39, 0.29) is 0 Å². The average Bonchev–Trinajstić information content (AvgIpc) is 1.90. The van der Waals surface area contributed by atoms with Gasteiger partial charge in [-0.15, -0.1) is 0 Å². The monoisotopic (exact) mass is 168 g/mol. The topological polar surface area (TPSA) is 24.9 Å². The molecule has 1 atom stereocenters. The van der Waals surface area contributed by atoms with E-state index in [4.69, 9.17) is 11.6 Å². The Morgan fingerprint density at radius 2 is 2.45 bits per heavy atom. The Bertz CT molecular complexity index is 258. The molecule has 11 heavy (non-hydrogen) atoms. The van der Waals surface area contributed by atoms with Gasteiger partial charge in [0.2, 0.25) is 0 Å². The molecule has 3 heteroatoms. The van der Waals surface area contributed by atoms with Crippen LogP contribution in [-0.2, 0) is 0 Å². The standard InChI is InChI=1S/C8H9ClN2/c9-8-6(2-1-4-11-8)7-3-5-10-7/h1-2,4,7,10H,3,5H2/t7-/m0/s1. The number of nitrogens with one attached hydrogen (secondary N) is 1. The summed E-state index contributed by atoms with van der Waals surface area (Å²) in [6, 6.07) is 4.38. The van der Waals surface area contributed by atoms with Gasteiger partial charge in [-0.2, -0.15) is 0 Å². The van der Waals surface area contributed by atoms with Gasteiger partial charge in [0.1, 0.15) is 5.15 Å². The van der Waals surface area contributed by atoms with Crippen molar-refractivity contribution in [3.05, 3.63) is 29.0 Å². The fourth-order valence-corrected chi connectivity index (χ4v) is 1.46. The Hall–Kier alpha value is -0.600. The van der Waals surface area contributed by atoms with Crippen LogP contribution < -0.4 is 5.32 Å². The third-order valence-corrected chi connectivity index (χ3v) is 2.30. The molecule has 0 aromatic carbocycles. The van der Waals surface area contributed by atoms with E-state index >= 15 is 0 Å². The zero-order valence-corrected chi connectivity index (χ0v) is 6.80. The highest BCUT2D eigenvalue weighted by Gasteiger charge is 2.20. The first kappa shape index (κ1) is 7.07. The predicted molar refractivity (Wildman–Crippen MR) is 44.6 cm³/mol. The summed E-state index contributed by atoms with van der Waals surface area (Å²) in [5, 5.41) is 3.91. The van der Waals surface area contributed by atoms with Crippen molar-refractivity contribution in [2.75, 3.05) is 6.54 Å². The van der Waals surface area contributed by atoms with Crippen molar-refractivity contribution in [1.29, 1.82) is 0 Å². The van der Waals surface area contributed by atoms with Crippen LogP contribution in [-0.4, -0.2) is 11.5 Å². The second-order valence-electron chi connectivity index (χ2n) is 2.68. The number of hydrogen-bond donors (Lipinski definition) is 1. The lowest BCUT2D eigenvalue weighted by molar-refractivity contribution is 0.382. The first-order chi connectivity index (χ1) is 5.38. The van der Waals surface area contributed by atoms with E-state index in [0.29, 0.717) is 11.2 Å². The van der Waals surface area contributed by atoms with E-state index in [1.165, 1.54) is 6.42 Å². The number of rotatable bonds is 1. The molecule has 1 fully saturated rings. The van der Waals surface area contributed by atoms with E-state index in [1.807, 2.05) is 12.1 Å². The summed E-state index contributed by atoms with van der Waals surface area (Å²) in [5.74, 6) is 0. The summed E-state index contributed by atoms with van der Waals surface area (Å²) >= 11 is 5.88. The van der Waals surface area contributed by atoms with Crippen LogP contribution in [0.1, 0.15) is 18.0 Å². The van der Waals surface area contributed by atoms with Crippen molar-refractivity contribution in [3.8, 4) is 0 Å².